The molecule has 0 saturated heterocycles. The summed E-state index contributed by atoms with van der Waals surface area (Å²) in [5.41, 5.74) is -0.923. The monoisotopic (exact) mass is 302 g/mol. The number of anilines is 1. The molecule has 6 nitrogen and oxygen atoms in total. The standard InChI is InChI=1S/C13H7FN4O2S/c14-10-3-1-4-11(9(10)7-15)18-21(19,20)13-5-2-6-17-12(13)8-16/h1-6,18H. The zero-order chi connectivity index (χ0) is 15.5. The van der Waals surface area contributed by atoms with Gasteiger partial charge in [0.2, 0.25) is 0 Å². The van der Waals surface area contributed by atoms with Crippen LogP contribution in [0.25, 0.3) is 0 Å². The summed E-state index contributed by atoms with van der Waals surface area (Å²) in [5, 5.41) is 17.8. The second kappa shape index (κ2) is 5.57. The number of nitrogens with one attached hydrogen (secondary N) is 1. The van der Waals surface area contributed by atoms with E-state index in [2.05, 4.69) is 9.71 Å². The van der Waals surface area contributed by atoms with E-state index < -0.39 is 21.4 Å². The Labute approximate surface area is 120 Å². The maximum atomic E-state index is 13.5. The quantitative estimate of drug-likeness (QED) is 0.929. The van der Waals surface area contributed by atoms with Crippen molar-refractivity contribution in [2.24, 2.45) is 0 Å². The van der Waals surface area contributed by atoms with Gasteiger partial charge < -0.3 is 0 Å². The van der Waals surface area contributed by atoms with E-state index in [4.69, 9.17) is 10.5 Å². The zero-order valence-corrected chi connectivity index (χ0v) is 11.2. The Morgan fingerprint density at radius 2 is 1.90 bits per heavy atom. The van der Waals surface area contributed by atoms with Crippen LogP contribution in [0.2, 0.25) is 0 Å². The molecule has 104 valence electrons. The lowest BCUT2D eigenvalue weighted by molar-refractivity contribution is 0.600. The Hall–Kier alpha value is -2.97. The van der Waals surface area contributed by atoms with Gasteiger partial charge in [0.05, 0.1) is 5.69 Å². The minimum atomic E-state index is -4.16. The fourth-order valence-electron chi connectivity index (χ4n) is 1.61. The predicted octanol–water partition coefficient (Wildman–Crippen LogP) is 1.76. The third kappa shape index (κ3) is 2.81. The first-order valence-electron chi connectivity index (χ1n) is 5.56. The molecule has 0 spiro atoms. The van der Waals surface area contributed by atoms with Gasteiger partial charge in [0.1, 0.15) is 28.4 Å². The Bertz CT molecular complexity index is 882. The number of halogens is 1. The first kappa shape index (κ1) is 14.4. The van der Waals surface area contributed by atoms with E-state index in [1.165, 1.54) is 30.5 Å². The van der Waals surface area contributed by atoms with Crippen molar-refractivity contribution in [1.82, 2.24) is 4.98 Å². The Kier molecular flexibility index (Phi) is 3.83. The molecule has 1 aromatic carbocycles. The van der Waals surface area contributed by atoms with E-state index in [0.29, 0.717) is 0 Å². The van der Waals surface area contributed by atoms with E-state index in [1.54, 1.807) is 12.1 Å². The number of hydrogen-bond donors (Lipinski definition) is 1. The minimum absolute atomic E-state index is 0.203. The number of nitriles is 2. The molecule has 0 saturated carbocycles. The summed E-state index contributed by atoms with van der Waals surface area (Å²) in [6.45, 7) is 0. The third-order valence-electron chi connectivity index (χ3n) is 2.54. The van der Waals surface area contributed by atoms with Crippen LogP contribution in [0.5, 0.6) is 0 Å². The fourth-order valence-corrected chi connectivity index (χ4v) is 2.79. The van der Waals surface area contributed by atoms with Crippen molar-refractivity contribution in [2.75, 3.05) is 4.72 Å². The fraction of sp³-hybridized carbons (Fsp3) is 0. The van der Waals surface area contributed by atoms with Crippen molar-refractivity contribution in [3.05, 3.63) is 53.6 Å². The number of hydrogen-bond acceptors (Lipinski definition) is 5. The summed E-state index contributed by atoms with van der Waals surface area (Å²) >= 11 is 0. The first-order chi connectivity index (χ1) is 9.99. The molecule has 0 bridgehead atoms. The van der Waals surface area contributed by atoms with E-state index in [1.807, 2.05) is 0 Å². The second-order valence-corrected chi connectivity index (χ2v) is 5.49. The van der Waals surface area contributed by atoms with Gasteiger partial charge in [0.25, 0.3) is 10.0 Å². The minimum Gasteiger partial charge on any atom is -0.278 e. The Morgan fingerprint density at radius 3 is 2.57 bits per heavy atom. The van der Waals surface area contributed by atoms with E-state index in [9.17, 15) is 12.8 Å². The van der Waals surface area contributed by atoms with Gasteiger partial charge in [-0.3, -0.25) is 4.72 Å². The summed E-state index contributed by atoms with van der Waals surface area (Å²) in [7, 11) is -4.16. The SMILES string of the molecule is N#Cc1ncccc1S(=O)(=O)Nc1cccc(F)c1C#N. The van der Waals surface area contributed by atoms with Crippen molar-refractivity contribution in [3.63, 3.8) is 0 Å². The number of aromatic nitrogens is 1. The molecule has 1 heterocycles. The number of nitrogens with zero attached hydrogens (tertiary/aromatic N) is 3. The highest BCUT2D eigenvalue weighted by Gasteiger charge is 2.21. The topological polar surface area (TPSA) is 107 Å². The highest BCUT2D eigenvalue weighted by molar-refractivity contribution is 7.92. The molecule has 2 rings (SSSR count). The van der Waals surface area contributed by atoms with Gasteiger partial charge in [0.15, 0.2) is 5.69 Å². The summed E-state index contributed by atoms with van der Waals surface area (Å²) < 4.78 is 40.0. The molecule has 8 heteroatoms. The zero-order valence-electron chi connectivity index (χ0n) is 10.4. The number of sulfonamides is 1. The highest BCUT2D eigenvalue weighted by Crippen LogP contribution is 2.22. The van der Waals surface area contributed by atoms with Crippen LogP contribution in [0.1, 0.15) is 11.3 Å². The first-order valence-corrected chi connectivity index (χ1v) is 7.04. The maximum absolute atomic E-state index is 13.5. The second-order valence-electron chi connectivity index (χ2n) is 3.84. The van der Waals surface area contributed by atoms with Gasteiger partial charge in [-0.1, -0.05) is 6.07 Å². The van der Waals surface area contributed by atoms with Crippen molar-refractivity contribution >= 4 is 15.7 Å². The average molecular weight is 302 g/mol. The molecule has 0 unspecified atom stereocenters. The van der Waals surface area contributed by atoms with Crippen LogP contribution in [0, 0.1) is 28.5 Å². The molecular formula is C13H7FN4O2S. The molecule has 0 aliphatic heterocycles. The normalized spacial score (nSPS) is 10.4. The van der Waals surface area contributed by atoms with Crippen molar-refractivity contribution < 1.29 is 12.8 Å². The number of benzene rings is 1. The number of rotatable bonds is 3. The highest BCUT2D eigenvalue weighted by atomic mass is 32.2. The van der Waals surface area contributed by atoms with Gasteiger partial charge in [-0.05, 0) is 24.3 Å². The van der Waals surface area contributed by atoms with Crippen molar-refractivity contribution in [3.8, 4) is 12.1 Å². The van der Waals surface area contributed by atoms with Gasteiger partial charge in [-0.25, -0.2) is 17.8 Å². The summed E-state index contributed by atoms with van der Waals surface area (Å²) in [6.07, 6.45) is 1.28. The summed E-state index contributed by atoms with van der Waals surface area (Å²) in [4.78, 5) is 3.30. The van der Waals surface area contributed by atoms with Crippen LogP contribution in [-0.4, -0.2) is 13.4 Å². The molecule has 2 aromatic rings. The van der Waals surface area contributed by atoms with E-state index in [0.717, 1.165) is 6.07 Å². The van der Waals surface area contributed by atoms with Crippen LogP contribution in [0.15, 0.2) is 41.4 Å². The number of pyridine rings is 1. The van der Waals surface area contributed by atoms with Crippen LogP contribution < -0.4 is 4.72 Å². The third-order valence-corrected chi connectivity index (χ3v) is 3.93. The van der Waals surface area contributed by atoms with Gasteiger partial charge >= 0.3 is 0 Å². The van der Waals surface area contributed by atoms with Crippen LogP contribution >= 0.6 is 0 Å². The summed E-state index contributed by atoms with van der Waals surface area (Å²) in [6, 6.07) is 9.35. The van der Waals surface area contributed by atoms with Crippen LogP contribution in [0.3, 0.4) is 0 Å². The average Bonchev–Trinajstić information content (AvgIpc) is 2.47. The maximum Gasteiger partial charge on any atom is 0.264 e. The van der Waals surface area contributed by atoms with Crippen LogP contribution in [-0.2, 0) is 10.0 Å². The molecule has 21 heavy (non-hydrogen) atoms. The van der Waals surface area contributed by atoms with Crippen molar-refractivity contribution in [2.45, 2.75) is 4.90 Å². The smallest absolute Gasteiger partial charge is 0.264 e. The summed E-state index contributed by atoms with van der Waals surface area (Å²) in [5.74, 6) is -0.843. The van der Waals surface area contributed by atoms with Gasteiger partial charge in [-0.15, -0.1) is 0 Å². The molecule has 1 aromatic heterocycles. The Balaban J connectivity index is 2.52. The van der Waals surface area contributed by atoms with E-state index >= 15 is 0 Å². The van der Waals surface area contributed by atoms with E-state index in [-0.39, 0.29) is 16.3 Å². The lowest BCUT2D eigenvalue weighted by Crippen LogP contribution is -2.16. The molecule has 0 fully saturated rings. The van der Waals surface area contributed by atoms with Gasteiger partial charge in [0, 0.05) is 6.20 Å². The molecule has 0 aliphatic carbocycles. The molecule has 0 aliphatic rings. The largest absolute Gasteiger partial charge is 0.278 e. The predicted molar refractivity (Wildman–Crippen MR) is 70.9 cm³/mol. The molecule has 1 N–H and O–H groups in total. The molecule has 0 atom stereocenters. The van der Waals surface area contributed by atoms with Gasteiger partial charge in [-0.2, -0.15) is 10.5 Å². The molecule has 0 radical (unpaired) electrons. The Morgan fingerprint density at radius 1 is 1.14 bits per heavy atom. The van der Waals surface area contributed by atoms with Crippen molar-refractivity contribution in [1.29, 1.82) is 10.5 Å². The molecule has 0 amide bonds. The molecular weight excluding hydrogens is 295 g/mol. The lowest BCUT2D eigenvalue weighted by atomic mass is 10.2. The van der Waals surface area contributed by atoms with Crippen LogP contribution in [0.4, 0.5) is 10.1 Å². The lowest BCUT2D eigenvalue weighted by Gasteiger charge is -2.10.